The smallest absolute Gasteiger partial charge is 0.281 e. The third kappa shape index (κ3) is 3.60. The molecule has 2 heterocycles. The van der Waals surface area contributed by atoms with Crippen molar-refractivity contribution in [3.63, 3.8) is 0 Å². The Morgan fingerprint density at radius 1 is 1.26 bits per heavy atom. The molecular formula is C15H28N4O3S. The van der Waals surface area contributed by atoms with Gasteiger partial charge in [-0.15, -0.1) is 6.58 Å². The lowest BCUT2D eigenvalue weighted by atomic mass is 9.87. The molecule has 1 spiro atoms. The Labute approximate surface area is 139 Å². The molecule has 0 N–H and O–H groups in total. The molecule has 0 aromatic rings. The van der Waals surface area contributed by atoms with Gasteiger partial charge < -0.3 is 4.90 Å². The number of rotatable bonds is 4. The van der Waals surface area contributed by atoms with E-state index in [9.17, 15) is 13.2 Å². The molecule has 2 aliphatic heterocycles. The molecule has 0 saturated carbocycles. The molecule has 2 rings (SSSR count). The molecule has 0 aromatic heterocycles. The van der Waals surface area contributed by atoms with Crippen molar-refractivity contribution in [2.45, 2.75) is 24.8 Å². The summed E-state index contributed by atoms with van der Waals surface area (Å²) in [6.45, 7) is 6.52. The first kappa shape index (κ1) is 18.4. The highest BCUT2D eigenvalue weighted by atomic mass is 32.2. The number of amides is 1. The van der Waals surface area contributed by atoms with Crippen LogP contribution in [0.1, 0.15) is 19.3 Å². The highest BCUT2D eigenvalue weighted by Gasteiger charge is 2.45. The van der Waals surface area contributed by atoms with E-state index in [0.29, 0.717) is 45.6 Å². The molecule has 0 aromatic carbocycles. The number of hydrogen-bond donors (Lipinski definition) is 0. The van der Waals surface area contributed by atoms with Crippen molar-refractivity contribution in [3.05, 3.63) is 12.7 Å². The molecule has 132 valence electrons. The van der Waals surface area contributed by atoms with Gasteiger partial charge in [-0.25, -0.2) is 0 Å². The van der Waals surface area contributed by atoms with Crippen LogP contribution in [0.25, 0.3) is 0 Å². The fraction of sp³-hybridized carbons (Fsp3) is 0.800. The van der Waals surface area contributed by atoms with Crippen LogP contribution in [0.4, 0.5) is 0 Å². The van der Waals surface area contributed by atoms with Crippen LogP contribution in [0.15, 0.2) is 12.7 Å². The van der Waals surface area contributed by atoms with Gasteiger partial charge in [-0.2, -0.15) is 17.0 Å². The van der Waals surface area contributed by atoms with E-state index in [1.165, 1.54) is 4.31 Å². The first-order valence-electron chi connectivity index (χ1n) is 8.00. The quantitative estimate of drug-likeness (QED) is 0.672. The van der Waals surface area contributed by atoms with Crippen molar-refractivity contribution in [1.29, 1.82) is 0 Å². The fourth-order valence-electron chi connectivity index (χ4n) is 3.43. The first-order valence-corrected chi connectivity index (χ1v) is 9.40. The van der Waals surface area contributed by atoms with Gasteiger partial charge in [-0.1, -0.05) is 6.08 Å². The summed E-state index contributed by atoms with van der Waals surface area (Å²) < 4.78 is 27.8. The topological polar surface area (TPSA) is 64.2 Å². The second kappa shape index (κ2) is 6.88. The molecule has 2 fully saturated rings. The number of hydrogen-bond acceptors (Lipinski definition) is 4. The van der Waals surface area contributed by atoms with E-state index < -0.39 is 10.2 Å². The molecule has 1 amide bonds. The van der Waals surface area contributed by atoms with E-state index in [4.69, 9.17) is 0 Å². The monoisotopic (exact) mass is 344 g/mol. The average molecular weight is 344 g/mol. The van der Waals surface area contributed by atoms with Crippen LogP contribution in [-0.2, 0) is 15.0 Å². The third-order valence-electron chi connectivity index (χ3n) is 5.11. The molecule has 23 heavy (non-hydrogen) atoms. The van der Waals surface area contributed by atoms with Crippen molar-refractivity contribution in [2.24, 2.45) is 0 Å². The summed E-state index contributed by atoms with van der Waals surface area (Å²) in [5.41, 5.74) is -0.271. The van der Waals surface area contributed by atoms with Crippen molar-refractivity contribution in [2.75, 3.05) is 53.9 Å². The standard InChI is InChI=1S/C15H28N4O3S/c1-5-9-18-10-8-15(7-6-14(18)20)13-19(12-11-17(15)4)23(21,22)16(2)3/h5H,1,6-13H2,2-4H3. The fourth-order valence-corrected chi connectivity index (χ4v) is 4.61. The Bertz CT molecular complexity index is 563. The van der Waals surface area contributed by atoms with E-state index in [-0.39, 0.29) is 11.4 Å². The molecule has 8 heteroatoms. The summed E-state index contributed by atoms with van der Waals surface area (Å²) in [5.74, 6) is 0.128. The molecule has 0 bridgehead atoms. The zero-order chi connectivity index (χ0) is 17.3. The minimum absolute atomic E-state index is 0.128. The van der Waals surface area contributed by atoms with Crippen LogP contribution in [0, 0.1) is 0 Å². The lowest BCUT2D eigenvalue weighted by Crippen LogP contribution is -2.63. The summed E-state index contributed by atoms with van der Waals surface area (Å²) in [6, 6.07) is 0. The summed E-state index contributed by atoms with van der Waals surface area (Å²) in [5, 5.41) is 0. The van der Waals surface area contributed by atoms with Crippen molar-refractivity contribution in [3.8, 4) is 0 Å². The number of carbonyl (C=O) groups is 1. The molecule has 2 aliphatic rings. The van der Waals surface area contributed by atoms with Gasteiger partial charge in [0.05, 0.1) is 0 Å². The third-order valence-corrected chi connectivity index (χ3v) is 6.99. The second-order valence-electron chi connectivity index (χ2n) is 6.65. The minimum atomic E-state index is -3.42. The van der Waals surface area contributed by atoms with Crippen molar-refractivity contribution < 1.29 is 13.2 Å². The molecular weight excluding hydrogens is 316 g/mol. The number of nitrogens with zero attached hydrogens (tertiary/aromatic N) is 4. The van der Waals surface area contributed by atoms with Gasteiger partial charge in [0.25, 0.3) is 10.2 Å². The maximum Gasteiger partial charge on any atom is 0.281 e. The zero-order valence-electron chi connectivity index (χ0n) is 14.4. The van der Waals surface area contributed by atoms with Crippen molar-refractivity contribution in [1.82, 2.24) is 18.4 Å². The molecule has 0 aliphatic carbocycles. The highest BCUT2D eigenvalue weighted by molar-refractivity contribution is 7.86. The van der Waals surface area contributed by atoms with Gasteiger partial charge in [-0.3, -0.25) is 9.69 Å². The average Bonchev–Trinajstić information content (AvgIpc) is 2.64. The predicted molar refractivity (Wildman–Crippen MR) is 90.2 cm³/mol. The number of likely N-dealkylation sites (N-methyl/N-ethyl adjacent to an activating group) is 1. The molecule has 0 radical (unpaired) electrons. The largest absolute Gasteiger partial charge is 0.339 e. The van der Waals surface area contributed by atoms with Gasteiger partial charge in [-0.05, 0) is 19.9 Å². The lowest BCUT2D eigenvalue weighted by molar-refractivity contribution is -0.130. The predicted octanol–water partition coefficient (Wildman–Crippen LogP) is -0.0225. The van der Waals surface area contributed by atoms with Gasteiger partial charge >= 0.3 is 0 Å². The number of piperazine rings is 1. The summed E-state index contributed by atoms with van der Waals surface area (Å²) in [6.07, 6.45) is 3.66. The Hall–Kier alpha value is -0.960. The van der Waals surface area contributed by atoms with Crippen molar-refractivity contribution >= 4 is 16.1 Å². The minimum Gasteiger partial charge on any atom is -0.339 e. The Morgan fingerprint density at radius 2 is 1.96 bits per heavy atom. The maximum atomic E-state index is 12.5. The molecule has 7 nitrogen and oxygen atoms in total. The van der Waals surface area contributed by atoms with E-state index in [0.717, 1.165) is 6.42 Å². The Morgan fingerprint density at radius 3 is 2.57 bits per heavy atom. The normalized spacial score (nSPS) is 28.3. The zero-order valence-corrected chi connectivity index (χ0v) is 15.2. The molecule has 2 saturated heterocycles. The van der Waals surface area contributed by atoms with Crippen LogP contribution in [0.2, 0.25) is 0 Å². The van der Waals surface area contributed by atoms with Crippen LogP contribution in [-0.4, -0.2) is 92.1 Å². The lowest BCUT2D eigenvalue weighted by Gasteiger charge is -2.49. The first-order chi connectivity index (χ1) is 10.7. The van der Waals surface area contributed by atoms with Gasteiger partial charge in [0.15, 0.2) is 0 Å². The van der Waals surface area contributed by atoms with Gasteiger partial charge in [0.1, 0.15) is 0 Å². The Balaban J connectivity index is 2.21. The summed E-state index contributed by atoms with van der Waals surface area (Å²) in [7, 11) is 1.73. The van der Waals surface area contributed by atoms with Crippen LogP contribution in [0.5, 0.6) is 0 Å². The van der Waals surface area contributed by atoms with Crippen LogP contribution in [0.3, 0.4) is 0 Å². The van der Waals surface area contributed by atoms with Crippen LogP contribution >= 0.6 is 0 Å². The molecule has 1 unspecified atom stereocenters. The van der Waals surface area contributed by atoms with Gasteiger partial charge in [0, 0.05) is 58.8 Å². The SMILES string of the molecule is C=CCN1CCC2(CCC1=O)CN(S(=O)(=O)N(C)C)CCN2C. The summed E-state index contributed by atoms with van der Waals surface area (Å²) >= 11 is 0. The second-order valence-corrected chi connectivity index (χ2v) is 8.79. The van der Waals surface area contributed by atoms with Gasteiger partial charge in [0.2, 0.25) is 5.91 Å². The molecule has 1 atom stereocenters. The highest BCUT2D eigenvalue weighted by Crippen LogP contribution is 2.33. The maximum absolute atomic E-state index is 12.5. The number of carbonyl (C=O) groups excluding carboxylic acids is 1. The Kier molecular flexibility index (Phi) is 5.50. The van der Waals surface area contributed by atoms with E-state index in [1.54, 1.807) is 24.5 Å². The van der Waals surface area contributed by atoms with E-state index in [2.05, 4.69) is 11.5 Å². The van der Waals surface area contributed by atoms with E-state index in [1.807, 2.05) is 11.9 Å². The van der Waals surface area contributed by atoms with E-state index >= 15 is 0 Å². The number of likely N-dealkylation sites (tertiary alicyclic amines) is 1. The summed E-state index contributed by atoms with van der Waals surface area (Å²) in [4.78, 5) is 16.3. The van der Waals surface area contributed by atoms with Crippen LogP contribution < -0.4 is 0 Å².